The molecule has 22 heavy (non-hydrogen) atoms. The zero-order valence-electron chi connectivity index (χ0n) is 12.7. The summed E-state index contributed by atoms with van der Waals surface area (Å²) in [4.78, 5) is 17.9. The molecule has 5 nitrogen and oxygen atoms in total. The second kappa shape index (κ2) is 5.46. The Morgan fingerprint density at radius 3 is 2.45 bits per heavy atom. The number of thiophene rings is 1. The summed E-state index contributed by atoms with van der Waals surface area (Å²) in [6.45, 7) is 1.97. The lowest BCUT2D eigenvalue weighted by atomic mass is 10.1. The van der Waals surface area contributed by atoms with Crippen LogP contribution in [-0.4, -0.2) is 32.3 Å². The molecule has 0 saturated heterocycles. The average molecular weight is 317 g/mol. The first-order valence-electron chi connectivity index (χ1n) is 6.62. The number of fused-ring (bicyclic) bond motifs is 3. The van der Waals surface area contributed by atoms with Crippen molar-refractivity contribution in [2.45, 2.75) is 6.92 Å². The standard InChI is InChI=1S/C16H15NO4S/c1-8-13-10-6-12(20-3)11(19-2)5-9(10)7-17-14(13)15(22-8)16(18)21-4/h5-7H,1-4H3. The SMILES string of the molecule is COC(=O)c1sc(C)c2c1ncc1cc(OC)c(OC)cc12. The number of pyridine rings is 1. The Hall–Kier alpha value is -2.34. The van der Waals surface area contributed by atoms with Crippen LogP contribution in [-0.2, 0) is 4.74 Å². The van der Waals surface area contributed by atoms with Crippen molar-refractivity contribution in [1.29, 1.82) is 0 Å². The Kier molecular flexibility index (Phi) is 3.62. The number of aromatic nitrogens is 1. The highest BCUT2D eigenvalue weighted by Crippen LogP contribution is 2.39. The molecule has 2 heterocycles. The normalized spacial score (nSPS) is 10.9. The van der Waals surface area contributed by atoms with E-state index in [2.05, 4.69) is 4.98 Å². The fourth-order valence-electron chi connectivity index (χ4n) is 2.56. The summed E-state index contributed by atoms with van der Waals surface area (Å²) in [6, 6.07) is 3.80. The van der Waals surface area contributed by atoms with E-state index in [9.17, 15) is 4.79 Å². The first-order chi connectivity index (χ1) is 10.6. The Bertz CT molecular complexity index is 885. The molecule has 3 rings (SSSR count). The van der Waals surface area contributed by atoms with Gasteiger partial charge in [-0.2, -0.15) is 0 Å². The van der Waals surface area contributed by atoms with E-state index in [0.717, 1.165) is 21.0 Å². The fourth-order valence-corrected chi connectivity index (χ4v) is 3.59. The molecule has 0 saturated carbocycles. The zero-order chi connectivity index (χ0) is 15.9. The Balaban J connectivity index is 2.40. The van der Waals surface area contributed by atoms with Gasteiger partial charge in [0.05, 0.1) is 26.8 Å². The zero-order valence-corrected chi connectivity index (χ0v) is 13.5. The van der Waals surface area contributed by atoms with Crippen LogP contribution in [0.5, 0.6) is 11.5 Å². The van der Waals surface area contributed by atoms with Crippen molar-refractivity contribution in [3.8, 4) is 11.5 Å². The molecule has 0 bridgehead atoms. The summed E-state index contributed by atoms with van der Waals surface area (Å²) in [6.07, 6.45) is 1.73. The number of aryl methyl sites for hydroxylation is 1. The average Bonchev–Trinajstić information content (AvgIpc) is 2.89. The van der Waals surface area contributed by atoms with Crippen molar-refractivity contribution >= 4 is 39.0 Å². The molecule has 114 valence electrons. The molecule has 0 atom stereocenters. The summed E-state index contributed by atoms with van der Waals surface area (Å²) in [5.41, 5.74) is 0.661. The maximum atomic E-state index is 11.9. The van der Waals surface area contributed by atoms with E-state index in [4.69, 9.17) is 14.2 Å². The van der Waals surface area contributed by atoms with Gasteiger partial charge in [-0.05, 0) is 24.4 Å². The number of carbonyl (C=O) groups excluding carboxylic acids is 1. The van der Waals surface area contributed by atoms with E-state index >= 15 is 0 Å². The van der Waals surface area contributed by atoms with Crippen LogP contribution >= 0.6 is 11.3 Å². The van der Waals surface area contributed by atoms with E-state index in [1.54, 1.807) is 20.4 Å². The van der Waals surface area contributed by atoms with Crippen LogP contribution < -0.4 is 9.47 Å². The summed E-state index contributed by atoms with van der Waals surface area (Å²) >= 11 is 1.39. The molecule has 0 aliphatic heterocycles. The van der Waals surface area contributed by atoms with Crippen molar-refractivity contribution in [2.75, 3.05) is 21.3 Å². The van der Waals surface area contributed by atoms with Gasteiger partial charge in [-0.3, -0.25) is 4.98 Å². The van der Waals surface area contributed by atoms with Crippen molar-refractivity contribution in [2.24, 2.45) is 0 Å². The van der Waals surface area contributed by atoms with Crippen molar-refractivity contribution in [3.63, 3.8) is 0 Å². The van der Waals surface area contributed by atoms with Crippen molar-refractivity contribution < 1.29 is 19.0 Å². The molecular formula is C16H15NO4S. The van der Waals surface area contributed by atoms with Gasteiger partial charge in [0.15, 0.2) is 11.5 Å². The van der Waals surface area contributed by atoms with Crippen LogP contribution in [0.4, 0.5) is 0 Å². The predicted molar refractivity (Wildman–Crippen MR) is 86.3 cm³/mol. The van der Waals surface area contributed by atoms with Crippen LogP contribution in [0.25, 0.3) is 21.7 Å². The monoisotopic (exact) mass is 317 g/mol. The highest BCUT2D eigenvalue weighted by molar-refractivity contribution is 7.15. The molecule has 0 unspecified atom stereocenters. The molecule has 3 aromatic rings. The van der Waals surface area contributed by atoms with Gasteiger partial charge >= 0.3 is 5.97 Å². The molecule has 0 N–H and O–H groups in total. The molecule has 6 heteroatoms. The van der Waals surface area contributed by atoms with Gasteiger partial charge in [0, 0.05) is 21.8 Å². The number of hydrogen-bond donors (Lipinski definition) is 0. The van der Waals surface area contributed by atoms with Gasteiger partial charge < -0.3 is 14.2 Å². The predicted octanol–water partition coefficient (Wildman–Crippen LogP) is 3.56. The van der Waals surface area contributed by atoms with Gasteiger partial charge in [-0.1, -0.05) is 0 Å². The van der Waals surface area contributed by atoms with Gasteiger partial charge in [-0.25, -0.2) is 4.79 Å². The Labute approximate surface area is 131 Å². The number of benzene rings is 1. The maximum absolute atomic E-state index is 11.9. The first-order valence-corrected chi connectivity index (χ1v) is 7.44. The summed E-state index contributed by atoms with van der Waals surface area (Å²) in [7, 11) is 4.57. The first kappa shape index (κ1) is 14.6. The van der Waals surface area contributed by atoms with Gasteiger partial charge in [-0.15, -0.1) is 11.3 Å². The van der Waals surface area contributed by atoms with E-state index in [-0.39, 0.29) is 5.97 Å². The van der Waals surface area contributed by atoms with Gasteiger partial charge in [0.1, 0.15) is 4.88 Å². The number of ether oxygens (including phenoxy) is 3. The molecule has 1 aromatic carbocycles. The number of methoxy groups -OCH3 is 3. The summed E-state index contributed by atoms with van der Waals surface area (Å²) in [5.74, 6) is 0.931. The van der Waals surface area contributed by atoms with Crippen LogP contribution in [0.1, 0.15) is 14.5 Å². The second-order valence-electron chi connectivity index (χ2n) is 4.76. The second-order valence-corrected chi connectivity index (χ2v) is 5.98. The van der Waals surface area contributed by atoms with Crippen molar-refractivity contribution in [1.82, 2.24) is 4.98 Å². The van der Waals surface area contributed by atoms with E-state index in [1.165, 1.54) is 18.4 Å². The van der Waals surface area contributed by atoms with E-state index < -0.39 is 0 Å². The Morgan fingerprint density at radius 2 is 1.82 bits per heavy atom. The molecule has 0 amide bonds. The largest absolute Gasteiger partial charge is 0.493 e. The molecule has 0 aliphatic rings. The number of rotatable bonds is 3. The van der Waals surface area contributed by atoms with Crippen LogP contribution in [0.3, 0.4) is 0 Å². The third kappa shape index (κ3) is 2.07. The molecule has 0 radical (unpaired) electrons. The fraction of sp³-hybridized carbons (Fsp3) is 0.250. The quantitative estimate of drug-likeness (QED) is 0.691. The summed E-state index contributed by atoms with van der Waals surface area (Å²) < 4.78 is 15.5. The highest BCUT2D eigenvalue weighted by atomic mass is 32.1. The minimum absolute atomic E-state index is 0.365. The number of hydrogen-bond acceptors (Lipinski definition) is 6. The lowest BCUT2D eigenvalue weighted by Crippen LogP contribution is -1.99. The van der Waals surface area contributed by atoms with E-state index in [0.29, 0.717) is 21.9 Å². The van der Waals surface area contributed by atoms with Gasteiger partial charge in [0.2, 0.25) is 0 Å². The number of carbonyl (C=O) groups is 1. The van der Waals surface area contributed by atoms with Gasteiger partial charge in [0.25, 0.3) is 0 Å². The molecule has 0 fully saturated rings. The number of esters is 1. The topological polar surface area (TPSA) is 57.7 Å². The lowest BCUT2D eigenvalue weighted by Gasteiger charge is -2.10. The van der Waals surface area contributed by atoms with E-state index in [1.807, 2.05) is 19.1 Å². The minimum Gasteiger partial charge on any atom is -0.493 e. The minimum atomic E-state index is -0.365. The summed E-state index contributed by atoms with van der Waals surface area (Å²) in [5, 5.41) is 2.86. The lowest BCUT2D eigenvalue weighted by molar-refractivity contribution is 0.0608. The van der Waals surface area contributed by atoms with Crippen LogP contribution in [0.15, 0.2) is 18.3 Å². The van der Waals surface area contributed by atoms with Crippen molar-refractivity contribution in [3.05, 3.63) is 28.1 Å². The number of nitrogens with zero attached hydrogens (tertiary/aromatic N) is 1. The van der Waals surface area contributed by atoms with Crippen LogP contribution in [0.2, 0.25) is 0 Å². The smallest absolute Gasteiger partial charge is 0.350 e. The molecule has 0 spiro atoms. The van der Waals surface area contributed by atoms with Crippen LogP contribution in [0, 0.1) is 6.92 Å². The highest BCUT2D eigenvalue weighted by Gasteiger charge is 2.20. The third-order valence-electron chi connectivity index (χ3n) is 3.59. The maximum Gasteiger partial charge on any atom is 0.350 e. The Morgan fingerprint density at radius 1 is 1.14 bits per heavy atom. The molecular weight excluding hydrogens is 302 g/mol. The molecule has 0 aliphatic carbocycles. The molecule has 2 aromatic heterocycles. The third-order valence-corrected chi connectivity index (χ3v) is 4.66.